The highest BCUT2D eigenvalue weighted by molar-refractivity contribution is 6.99. The minimum atomic E-state index is -3.21. The van der Waals surface area contributed by atoms with E-state index in [1.807, 2.05) is 20.8 Å². The predicted molar refractivity (Wildman–Crippen MR) is 82.2 cm³/mol. The van der Waals surface area contributed by atoms with Crippen molar-refractivity contribution < 1.29 is 25.5 Å². The monoisotopic (exact) mass is 324 g/mol. The van der Waals surface area contributed by atoms with Gasteiger partial charge in [0.05, 0.1) is 35.8 Å². The standard InChI is InChI=1S/C13H24N4O3S/c1-13(2,3)14-8-10(18)9-20-12-11(15-21-16-12)17-4-6-19-7-5-17/h10,14,18H,4-9H2,1-3H3/t10-/m0/s1/i4D2,5D2,6D2,7D2. The molecule has 1 aromatic heterocycles. The molecular weight excluding hydrogens is 292 g/mol. The number of morpholine rings is 1. The van der Waals surface area contributed by atoms with E-state index in [9.17, 15) is 5.11 Å². The van der Waals surface area contributed by atoms with Crippen LogP contribution in [0.2, 0.25) is 0 Å². The lowest BCUT2D eigenvalue weighted by Gasteiger charge is -2.27. The van der Waals surface area contributed by atoms with Gasteiger partial charge in [0.1, 0.15) is 12.7 Å². The molecule has 1 aromatic rings. The number of anilines is 1. The van der Waals surface area contributed by atoms with Crippen LogP contribution in [0, 0.1) is 0 Å². The second-order valence-corrected chi connectivity index (χ2v) is 5.88. The zero-order valence-corrected chi connectivity index (χ0v) is 12.8. The lowest BCUT2D eigenvalue weighted by atomic mass is 10.1. The Kier molecular flexibility index (Phi) is 3.01. The molecule has 21 heavy (non-hydrogen) atoms. The third kappa shape index (κ3) is 5.39. The minimum Gasteiger partial charge on any atom is -0.472 e. The van der Waals surface area contributed by atoms with Crippen LogP contribution in [-0.4, -0.2) is 64.8 Å². The SMILES string of the molecule is [2H]C1([2H])OC([2H])([2H])C([2H])([2H])N(c2nsnc2OC[C@@H](O)CNC(C)(C)C)C1([2H])[2H]. The molecule has 0 aliphatic carbocycles. The lowest BCUT2D eigenvalue weighted by Crippen LogP contribution is -2.42. The fourth-order valence-corrected chi connectivity index (χ4v) is 1.84. The average Bonchev–Trinajstić information content (AvgIpc) is 2.95. The highest BCUT2D eigenvalue weighted by atomic mass is 32.1. The molecule has 0 spiro atoms. The number of hydrogen-bond donors (Lipinski definition) is 2. The van der Waals surface area contributed by atoms with Gasteiger partial charge >= 0.3 is 0 Å². The molecule has 0 amide bonds. The van der Waals surface area contributed by atoms with Crippen LogP contribution in [0.25, 0.3) is 0 Å². The Morgan fingerprint density at radius 1 is 1.48 bits per heavy atom. The van der Waals surface area contributed by atoms with Gasteiger partial charge in [0.15, 0.2) is 0 Å². The van der Waals surface area contributed by atoms with Crippen molar-refractivity contribution in [1.82, 2.24) is 14.1 Å². The largest absolute Gasteiger partial charge is 0.472 e. The molecule has 1 aliphatic heterocycles. The van der Waals surface area contributed by atoms with Crippen LogP contribution in [0.5, 0.6) is 5.88 Å². The first-order valence-electron chi connectivity index (χ1n) is 10.3. The lowest BCUT2D eigenvalue weighted by molar-refractivity contribution is 0.0975. The van der Waals surface area contributed by atoms with Crippen molar-refractivity contribution in [2.45, 2.75) is 32.4 Å². The molecule has 1 atom stereocenters. The molecule has 7 nitrogen and oxygen atoms in total. The van der Waals surface area contributed by atoms with Gasteiger partial charge in [-0.25, -0.2) is 0 Å². The van der Waals surface area contributed by atoms with Crippen LogP contribution < -0.4 is 15.0 Å². The Morgan fingerprint density at radius 3 is 2.86 bits per heavy atom. The molecule has 8 heteroatoms. The Hall–Kier alpha value is -0.960. The third-order valence-corrected chi connectivity index (χ3v) is 2.85. The number of nitrogens with zero attached hydrogens (tertiary/aromatic N) is 3. The number of aliphatic hydroxyl groups excluding tert-OH is 1. The maximum Gasteiger partial charge on any atom is 0.270 e. The van der Waals surface area contributed by atoms with E-state index < -0.39 is 38.0 Å². The fraction of sp³-hybridized carbons (Fsp3) is 0.846. The summed E-state index contributed by atoms with van der Waals surface area (Å²) in [5, 5.41) is 13.1. The molecule has 2 N–H and O–H groups in total. The summed E-state index contributed by atoms with van der Waals surface area (Å²) in [6, 6.07) is 0. The van der Waals surface area contributed by atoms with Crippen LogP contribution in [-0.2, 0) is 4.74 Å². The number of rotatable bonds is 6. The molecule has 0 aromatic carbocycles. The molecule has 1 saturated heterocycles. The summed E-state index contributed by atoms with van der Waals surface area (Å²) in [7, 11) is 0. The number of aromatic nitrogens is 2. The zero-order valence-electron chi connectivity index (χ0n) is 20.0. The van der Waals surface area contributed by atoms with Crippen LogP contribution in [0.1, 0.15) is 31.7 Å². The summed E-state index contributed by atoms with van der Waals surface area (Å²) in [5.74, 6) is -0.886. The summed E-state index contributed by atoms with van der Waals surface area (Å²) in [6.07, 6.45) is -0.972. The topological polar surface area (TPSA) is 79.7 Å². The normalized spacial score (nSPS) is 33.0. The fourth-order valence-electron chi connectivity index (χ4n) is 1.36. The van der Waals surface area contributed by atoms with Gasteiger partial charge in [-0.1, -0.05) is 0 Å². The third-order valence-electron chi connectivity index (χ3n) is 2.35. The Balaban J connectivity index is 2.29. The van der Waals surface area contributed by atoms with Crippen molar-refractivity contribution in [2.75, 3.05) is 44.2 Å². The molecule has 0 bridgehead atoms. The first kappa shape index (κ1) is 8.61. The molecule has 1 fully saturated rings. The van der Waals surface area contributed by atoms with Crippen molar-refractivity contribution in [1.29, 1.82) is 0 Å². The van der Waals surface area contributed by atoms with E-state index in [-0.39, 0.29) is 29.5 Å². The summed E-state index contributed by atoms with van der Waals surface area (Å²) < 4.78 is 80.6. The van der Waals surface area contributed by atoms with Gasteiger partial charge < -0.3 is 24.8 Å². The van der Waals surface area contributed by atoms with Crippen LogP contribution >= 0.6 is 11.7 Å². The molecule has 0 saturated carbocycles. The maximum atomic E-state index is 10.1. The van der Waals surface area contributed by atoms with Gasteiger partial charge in [-0.2, -0.15) is 4.37 Å². The van der Waals surface area contributed by atoms with Gasteiger partial charge in [0.25, 0.3) is 5.88 Å². The highest BCUT2D eigenvalue weighted by Crippen LogP contribution is 2.26. The van der Waals surface area contributed by atoms with E-state index in [1.165, 1.54) is 0 Å². The molecule has 120 valence electrons. The van der Waals surface area contributed by atoms with Gasteiger partial charge in [0, 0.05) is 25.1 Å². The minimum absolute atomic E-state index is 0.181. The van der Waals surface area contributed by atoms with Gasteiger partial charge in [-0.3, -0.25) is 0 Å². The molecule has 0 unspecified atom stereocenters. The molecular formula is C13H24N4O3S. The number of β-amino-alcohol motifs (C(OH)–C–C–N with tert-alkyl or cyclic N) is 1. The quantitative estimate of drug-likeness (QED) is 0.789. The van der Waals surface area contributed by atoms with Gasteiger partial charge in [-0.05, 0) is 20.8 Å². The number of hydrogen-bond acceptors (Lipinski definition) is 8. The van der Waals surface area contributed by atoms with E-state index in [2.05, 4.69) is 18.8 Å². The van der Waals surface area contributed by atoms with E-state index >= 15 is 0 Å². The van der Waals surface area contributed by atoms with Crippen LogP contribution in [0.3, 0.4) is 0 Å². The smallest absolute Gasteiger partial charge is 0.270 e. The number of ether oxygens (including phenoxy) is 2. The molecule has 2 rings (SSSR count). The first-order valence-corrected chi connectivity index (χ1v) is 7.04. The zero-order chi connectivity index (χ0) is 22.5. The van der Waals surface area contributed by atoms with Crippen LogP contribution in [0.4, 0.5) is 5.82 Å². The Bertz CT molecular complexity index is 701. The Labute approximate surface area is 140 Å². The Morgan fingerprint density at radius 2 is 2.19 bits per heavy atom. The molecule has 0 radical (unpaired) electrons. The van der Waals surface area contributed by atoms with Crippen molar-refractivity contribution in [3.63, 3.8) is 0 Å². The summed E-state index contributed by atoms with van der Waals surface area (Å²) in [5.41, 5.74) is -0.245. The molecule has 2 heterocycles. The molecule has 1 aliphatic rings. The highest BCUT2D eigenvalue weighted by Gasteiger charge is 2.21. The van der Waals surface area contributed by atoms with Crippen molar-refractivity contribution >= 4 is 17.5 Å². The first-order chi connectivity index (χ1) is 12.9. The van der Waals surface area contributed by atoms with E-state index in [0.717, 1.165) is 0 Å². The van der Waals surface area contributed by atoms with Crippen molar-refractivity contribution in [3.8, 4) is 5.88 Å². The summed E-state index contributed by atoms with van der Waals surface area (Å²) in [4.78, 5) is 0.197. The van der Waals surface area contributed by atoms with Gasteiger partial charge in [-0.15, -0.1) is 4.37 Å². The van der Waals surface area contributed by atoms with E-state index in [4.69, 9.17) is 15.7 Å². The second kappa shape index (κ2) is 7.35. The average molecular weight is 324 g/mol. The van der Waals surface area contributed by atoms with Crippen molar-refractivity contribution in [3.05, 3.63) is 0 Å². The summed E-state index contributed by atoms with van der Waals surface area (Å²) in [6.45, 7) is -7.09. The maximum absolute atomic E-state index is 10.1. The van der Waals surface area contributed by atoms with E-state index in [0.29, 0.717) is 11.7 Å². The number of nitrogens with one attached hydrogen (secondary N) is 1. The van der Waals surface area contributed by atoms with Crippen LogP contribution in [0.15, 0.2) is 0 Å². The number of aliphatic hydroxyl groups is 1. The van der Waals surface area contributed by atoms with E-state index in [1.54, 1.807) is 0 Å². The summed E-state index contributed by atoms with van der Waals surface area (Å²) >= 11 is 0.548. The predicted octanol–water partition coefficient (Wildman–Crippen LogP) is 0.502. The van der Waals surface area contributed by atoms with Gasteiger partial charge in [0.2, 0.25) is 5.82 Å². The second-order valence-electron chi connectivity index (χ2n) is 5.35. The van der Waals surface area contributed by atoms with Crippen molar-refractivity contribution in [2.24, 2.45) is 0 Å².